The molecule has 4 N–H and O–H groups in total. The van der Waals surface area contributed by atoms with E-state index in [0.717, 1.165) is 12.0 Å². The number of carbonyl (C=O) groups excluding carboxylic acids is 4. The van der Waals surface area contributed by atoms with Crippen molar-refractivity contribution in [1.29, 1.82) is 0 Å². The largest absolute Gasteiger partial charge is 0.460 e. The van der Waals surface area contributed by atoms with Gasteiger partial charge in [0.25, 0.3) is 5.91 Å². The fraction of sp³-hybridized carbons (Fsp3) is 0.774. The maximum Gasteiger partial charge on any atom is 0.329 e. The van der Waals surface area contributed by atoms with Gasteiger partial charge in [-0.15, -0.1) is 0 Å². The molecule has 0 spiro atoms. The molecule has 16 atom stereocenters. The number of nitrogens with zero attached hydrogens (tertiary/aromatic N) is 1. The summed E-state index contributed by atoms with van der Waals surface area (Å²) in [7, 11) is 4.61. The second-order valence-corrected chi connectivity index (χ2v) is 20.3. The summed E-state index contributed by atoms with van der Waals surface area (Å²) in [5.41, 5.74) is 1.30. The molecule has 4 aliphatic rings. The molecule has 68 heavy (non-hydrogen) atoms. The SMILES string of the molecule is CO[C@H]1C[C@@H]2CC[C@@H](C)[C@@](O)(O2)C(O)C(=O)N2CCCC[C@H]2C(=O)O[C@H]([C@H](C)C[C@@H]2CC[C@@H](OCCO)[C@H](OC)C2)CC(=O)[C@H](C)/C=C(\C)[C@@H](O)[C@@H](OC)C(=O)[C@H](C)C[C@H](C)/C=C/C=C/C=C/1C. The third kappa shape index (κ3) is 15.4. The van der Waals surface area contributed by atoms with Gasteiger partial charge in [0.05, 0.1) is 37.6 Å². The molecule has 1 aliphatic carbocycles. The first-order valence-corrected chi connectivity index (χ1v) is 25.1. The zero-order valence-corrected chi connectivity index (χ0v) is 42.5. The molecule has 15 nitrogen and oxygen atoms in total. The van der Waals surface area contributed by atoms with Crippen LogP contribution < -0.4 is 0 Å². The van der Waals surface area contributed by atoms with Gasteiger partial charge in [-0.3, -0.25) is 14.4 Å². The van der Waals surface area contributed by atoms with Crippen LogP contribution in [0.25, 0.3) is 0 Å². The first-order chi connectivity index (χ1) is 32.3. The molecule has 3 fully saturated rings. The molecule has 1 amide bonds. The van der Waals surface area contributed by atoms with E-state index in [1.807, 2.05) is 58.1 Å². The maximum absolute atomic E-state index is 14.5. The minimum atomic E-state index is -2.24. The summed E-state index contributed by atoms with van der Waals surface area (Å²) in [5.74, 6) is -6.22. The first-order valence-electron chi connectivity index (χ1n) is 25.1. The summed E-state index contributed by atoms with van der Waals surface area (Å²) in [6.45, 7) is 13.1. The normalized spacial score (nSPS) is 40.2. The highest BCUT2D eigenvalue weighted by Crippen LogP contribution is 2.39. The summed E-state index contributed by atoms with van der Waals surface area (Å²) in [6.07, 6.45) is 10.5. The monoisotopic (exact) mass is 960 g/mol. The summed E-state index contributed by atoms with van der Waals surface area (Å²) >= 11 is 0. The van der Waals surface area contributed by atoms with E-state index in [4.69, 9.17) is 28.4 Å². The lowest BCUT2D eigenvalue weighted by molar-refractivity contribution is -0.317. The number of allylic oxidation sites excluding steroid dienone is 6. The van der Waals surface area contributed by atoms with Gasteiger partial charge in [0.2, 0.25) is 5.79 Å². The fourth-order valence-corrected chi connectivity index (χ4v) is 10.6. The number of carbonyl (C=O) groups is 4. The Kier molecular flexibility index (Phi) is 23.2. The second-order valence-electron chi connectivity index (χ2n) is 20.3. The van der Waals surface area contributed by atoms with Crippen LogP contribution in [-0.4, -0.2) is 151 Å². The number of amides is 1. The Hall–Kier alpha value is -3.12. The molecule has 15 heteroatoms. The van der Waals surface area contributed by atoms with E-state index in [0.29, 0.717) is 63.4 Å². The van der Waals surface area contributed by atoms with Crippen LogP contribution in [0.3, 0.4) is 0 Å². The Balaban J connectivity index is 1.69. The van der Waals surface area contributed by atoms with Gasteiger partial charge in [-0.1, -0.05) is 71.1 Å². The lowest BCUT2D eigenvalue weighted by Gasteiger charge is -2.46. The number of rotatable bonds is 9. The van der Waals surface area contributed by atoms with Crippen LogP contribution in [0.5, 0.6) is 0 Å². The minimum absolute atomic E-state index is 0.0229. The fourth-order valence-electron chi connectivity index (χ4n) is 10.6. The molecule has 3 aliphatic heterocycles. The van der Waals surface area contributed by atoms with E-state index < -0.39 is 78.1 Å². The van der Waals surface area contributed by atoms with Crippen LogP contribution in [0, 0.1) is 35.5 Å². The number of methoxy groups -OCH3 is 3. The topological polar surface area (TPSA) is 208 Å². The number of esters is 1. The highest BCUT2D eigenvalue weighted by Gasteiger charge is 2.53. The molecule has 0 aromatic carbocycles. The van der Waals surface area contributed by atoms with Crippen LogP contribution in [0.2, 0.25) is 0 Å². The number of aliphatic hydroxyl groups is 4. The number of cyclic esters (lactones) is 1. The predicted octanol–water partition coefficient (Wildman–Crippen LogP) is 5.99. The molecule has 3 heterocycles. The molecule has 1 unspecified atom stereocenters. The molecule has 2 saturated heterocycles. The van der Waals surface area contributed by atoms with Crippen molar-refractivity contribution in [3.63, 3.8) is 0 Å². The van der Waals surface area contributed by atoms with Crippen LogP contribution in [0.15, 0.2) is 47.6 Å². The van der Waals surface area contributed by atoms with Crippen molar-refractivity contribution in [2.24, 2.45) is 35.5 Å². The zero-order chi connectivity index (χ0) is 50.3. The van der Waals surface area contributed by atoms with Crippen molar-refractivity contribution >= 4 is 23.4 Å². The molecule has 386 valence electrons. The van der Waals surface area contributed by atoms with Gasteiger partial charge >= 0.3 is 5.97 Å². The lowest BCUT2D eigenvalue weighted by Crippen LogP contribution is -2.63. The Labute approximate surface area is 405 Å². The number of Topliss-reactive ketones (excluding diaryl/α,β-unsaturated/α-hetero) is 2. The third-order valence-corrected chi connectivity index (χ3v) is 15.1. The van der Waals surface area contributed by atoms with Gasteiger partial charge in [-0.25, -0.2) is 4.79 Å². The summed E-state index contributed by atoms with van der Waals surface area (Å²) in [4.78, 5) is 58.1. The molecule has 4 rings (SSSR count). The standard InChI is InChI=1S/C53H85NO14/c1-32-16-12-11-13-17-33(2)44(63-8)30-40-21-19-38(7)53(62,68-40)50(59)51(60)54-23-15-14-18-41(54)52(61)67-45(35(4)28-39-20-22-43(66-25-24-55)46(29-39)64-9)31-42(56)34(3)27-37(6)48(58)49(65-10)47(57)36(5)26-32/h11-13,16-17,27,32,34-36,38-41,43-46,48-50,55,58-59,62H,14-15,18-26,28-31H2,1-10H3/b13-11+,16-12+,33-17+,37-27+/t32-,34-,35-,36-,38-,39+,40+,41+,43-,44+,45+,46-,48-,49+,50?,53-/m1/s1. The number of piperidine rings is 1. The van der Waals surface area contributed by atoms with E-state index in [-0.39, 0.29) is 74.1 Å². The smallest absolute Gasteiger partial charge is 0.329 e. The highest BCUT2D eigenvalue weighted by atomic mass is 16.6. The number of fused-ring (bicyclic) bond motifs is 3. The zero-order valence-electron chi connectivity index (χ0n) is 42.5. The Morgan fingerprint density at radius 3 is 2.26 bits per heavy atom. The number of ether oxygens (including phenoxy) is 6. The van der Waals surface area contributed by atoms with Gasteiger partial charge in [0.15, 0.2) is 11.9 Å². The minimum Gasteiger partial charge on any atom is -0.460 e. The third-order valence-electron chi connectivity index (χ3n) is 15.1. The number of ketones is 2. The van der Waals surface area contributed by atoms with Crippen molar-refractivity contribution < 1.29 is 68.0 Å². The molecule has 0 aromatic heterocycles. The number of hydrogen-bond donors (Lipinski definition) is 4. The van der Waals surface area contributed by atoms with E-state index in [1.165, 1.54) is 12.0 Å². The highest BCUT2D eigenvalue weighted by molar-refractivity contribution is 5.89. The van der Waals surface area contributed by atoms with Gasteiger partial charge in [0.1, 0.15) is 30.1 Å². The van der Waals surface area contributed by atoms with Gasteiger partial charge in [0, 0.05) is 58.5 Å². The molecular weight excluding hydrogens is 875 g/mol. The average molecular weight is 960 g/mol. The molecular formula is C53H85NO14. The lowest BCUT2D eigenvalue weighted by atomic mass is 9.78. The molecule has 0 radical (unpaired) electrons. The van der Waals surface area contributed by atoms with Crippen LogP contribution in [0.1, 0.15) is 126 Å². The van der Waals surface area contributed by atoms with Crippen molar-refractivity contribution in [2.75, 3.05) is 41.1 Å². The van der Waals surface area contributed by atoms with E-state index in [2.05, 4.69) is 0 Å². The molecule has 2 bridgehead atoms. The maximum atomic E-state index is 14.5. The van der Waals surface area contributed by atoms with Gasteiger partial charge < -0.3 is 53.7 Å². The quantitative estimate of drug-likeness (QED) is 0.155. The first kappa shape index (κ1) is 57.5. The van der Waals surface area contributed by atoms with Crippen molar-refractivity contribution in [3.05, 3.63) is 47.6 Å². The van der Waals surface area contributed by atoms with Gasteiger partial charge in [-0.2, -0.15) is 0 Å². The van der Waals surface area contributed by atoms with E-state index in [9.17, 15) is 39.6 Å². The number of hydrogen-bond acceptors (Lipinski definition) is 14. The summed E-state index contributed by atoms with van der Waals surface area (Å²) in [5, 5.41) is 44.7. The summed E-state index contributed by atoms with van der Waals surface area (Å²) < 4.78 is 35.7. The second kappa shape index (κ2) is 27.5. The predicted molar refractivity (Wildman–Crippen MR) is 257 cm³/mol. The van der Waals surface area contributed by atoms with E-state index >= 15 is 0 Å². The van der Waals surface area contributed by atoms with Crippen LogP contribution >= 0.6 is 0 Å². The van der Waals surface area contributed by atoms with Crippen molar-refractivity contribution in [3.8, 4) is 0 Å². The van der Waals surface area contributed by atoms with Gasteiger partial charge in [-0.05, 0) is 107 Å². The van der Waals surface area contributed by atoms with E-state index in [1.54, 1.807) is 41.1 Å². The van der Waals surface area contributed by atoms with Crippen LogP contribution in [-0.2, 0) is 47.6 Å². The average Bonchev–Trinajstić information content (AvgIpc) is 3.32. The van der Waals surface area contributed by atoms with Crippen LogP contribution in [0.4, 0.5) is 0 Å². The van der Waals surface area contributed by atoms with Crippen molar-refractivity contribution in [2.45, 2.75) is 186 Å². The Morgan fingerprint density at radius 1 is 0.853 bits per heavy atom. The molecule has 1 saturated carbocycles. The molecule has 0 aromatic rings. The number of aliphatic hydroxyl groups excluding tert-OH is 3. The summed E-state index contributed by atoms with van der Waals surface area (Å²) in [6, 6.07) is -1.08. The van der Waals surface area contributed by atoms with Crippen molar-refractivity contribution in [1.82, 2.24) is 4.90 Å². The Morgan fingerprint density at radius 2 is 1.59 bits per heavy atom. The Bertz CT molecular complexity index is 1760.